The molecular weight excluding hydrogens is 480 g/mol. The third-order valence-corrected chi connectivity index (χ3v) is 7.37. The third kappa shape index (κ3) is 5.28. The van der Waals surface area contributed by atoms with E-state index >= 15 is 0 Å². The van der Waals surface area contributed by atoms with Crippen LogP contribution in [0, 0.1) is 0 Å². The van der Waals surface area contributed by atoms with Crippen molar-refractivity contribution in [3.05, 3.63) is 94.0 Å². The molecule has 0 spiro atoms. The highest BCUT2D eigenvalue weighted by atomic mass is 16.6. The number of nitrogens with two attached hydrogens (primary N) is 1. The molecule has 1 aliphatic carbocycles. The van der Waals surface area contributed by atoms with Crippen molar-refractivity contribution in [2.75, 3.05) is 0 Å². The van der Waals surface area contributed by atoms with Crippen LogP contribution in [0.5, 0.6) is 0 Å². The van der Waals surface area contributed by atoms with Crippen LogP contribution in [-0.4, -0.2) is 28.7 Å². The van der Waals surface area contributed by atoms with Crippen molar-refractivity contribution in [1.29, 1.82) is 0 Å². The lowest BCUT2D eigenvalue weighted by molar-refractivity contribution is 0.0708. The Balaban J connectivity index is 1.49. The fourth-order valence-electron chi connectivity index (χ4n) is 5.38. The fourth-order valence-corrected chi connectivity index (χ4v) is 5.38. The van der Waals surface area contributed by atoms with Gasteiger partial charge in [-0.2, -0.15) is 0 Å². The van der Waals surface area contributed by atoms with E-state index < -0.39 is 6.09 Å². The van der Waals surface area contributed by atoms with E-state index in [2.05, 4.69) is 39.6 Å². The number of rotatable bonds is 7. The smallest absolute Gasteiger partial charge is 0.404 e. The first-order chi connectivity index (χ1) is 18.4. The summed E-state index contributed by atoms with van der Waals surface area (Å²) in [5.41, 5.74) is 17.5. The molecule has 0 saturated heterocycles. The zero-order chi connectivity index (χ0) is 26.6. The van der Waals surface area contributed by atoms with E-state index in [4.69, 9.17) is 16.0 Å². The Labute approximate surface area is 220 Å². The average Bonchev–Trinajstić information content (AvgIpc) is 3.27. The molecule has 0 bridgehead atoms. The van der Waals surface area contributed by atoms with Gasteiger partial charge in [-0.15, -0.1) is 0 Å². The Morgan fingerprint density at radius 3 is 2.61 bits per heavy atom. The number of carbonyl (C=O) groups is 2. The lowest BCUT2D eigenvalue weighted by atomic mass is 9.93. The quantitative estimate of drug-likeness (QED) is 0.170. The highest BCUT2D eigenvalue weighted by Gasteiger charge is 2.26. The van der Waals surface area contributed by atoms with Gasteiger partial charge in [0, 0.05) is 28.4 Å². The van der Waals surface area contributed by atoms with Crippen molar-refractivity contribution in [2.45, 2.75) is 57.3 Å². The van der Waals surface area contributed by atoms with Crippen molar-refractivity contribution in [1.82, 2.24) is 9.88 Å². The van der Waals surface area contributed by atoms with Crippen LogP contribution in [0.25, 0.3) is 32.1 Å². The normalized spacial score (nSPS) is 18.0. The van der Waals surface area contributed by atoms with Crippen molar-refractivity contribution >= 4 is 33.7 Å². The highest BCUT2D eigenvalue weighted by Crippen LogP contribution is 2.29. The highest BCUT2D eigenvalue weighted by molar-refractivity contribution is 5.99. The Hall–Kier alpha value is -4.49. The van der Waals surface area contributed by atoms with Gasteiger partial charge in [0.2, 0.25) is 0 Å². The van der Waals surface area contributed by atoms with E-state index in [9.17, 15) is 9.59 Å². The molecule has 194 valence electrons. The van der Waals surface area contributed by atoms with Gasteiger partial charge in [0.25, 0.3) is 5.91 Å². The zero-order valence-electron chi connectivity index (χ0n) is 21.2. The molecule has 3 aromatic carbocycles. The van der Waals surface area contributed by atoms with E-state index in [1.165, 1.54) is 0 Å². The largest absolute Gasteiger partial charge is 0.446 e. The van der Waals surface area contributed by atoms with Crippen LogP contribution < -0.4 is 11.1 Å². The molecule has 1 heterocycles. The standard InChI is InChI=1S/C29H30N6O3/c1-18(33-34-31)20-9-10-21-16-27(28(36)32-23-11-13-24(14-12-23)38-29(30)37)35(26(21)15-20)17-22-7-4-6-19-5-2-3-8-25(19)22/h2-10,15-16,18,23-24H,11-14,17H2,1H3,(H2,30,37)(H,32,36). The predicted octanol–water partition coefficient (Wildman–Crippen LogP) is 6.35. The van der Waals surface area contributed by atoms with Gasteiger partial charge in [0.05, 0.1) is 6.04 Å². The van der Waals surface area contributed by atoms with E-state index in [0.29, 0.717) is 37.9 Å². The number of nitrogens with zero attached hydrogens (tertiary/aromatic N) is 4. The van der Waals surface area contributed by atoms with Gasteiger partial charge in [0.15, 0.2) is 0 Å². The second kappa shape index (κ2) is 10.9. The second-order valence-electron chi connectivity index (χ2n) is 9.84. The van der Waals surface area contributed by atoms with E-state index in [1.54, 1.807) is 0 Å². The molecule has 1 fully saturated rings. The summed E-state index contributed by atoms with van der Waals surface area (Å²) in [7, 11) is 0. The SMILES string of the molecule is CC(N=[N+]=[N-])c1ccc2cc(C(=O)NC3CCC(OC(N)=O)CC3)n(Cc3cccc4ccccc34)c2c1. The number of amides is 2. The van der Waals surface area contributed by atoms with Crippen molar-refractivity contribution in [3.8, 4) is 0 Å². The number of azide groups is 1. The van der Waals surface area contributed by atoms with Crippen LogP contribution in [0.15, 0.2) is 71.8 Å². The minimum atomic E-state index is -0.760. The van der Waals surface area contributed by atoms with Crippen LogP contribution in [0.2, 0.25) is 0 Å². The Morgan fingerprint density at radius 1 is 1.08 bits per heavy atom. The molecule has 0 aliphatic heterocycles. The van der Waals surface area contributed by atoms with Gasteiger partial charge in [-0.3, -0.25) is 4.79 Å². The molecule has 1 atom stereocenters. The molecule has 1 aliphatic rings. The number of hydrogen-bond donors (Lipinski definition) is 2. The molecule has 2 amide bonds. The minimum Gasteiger partial charge on any atom is -0.446 e. The summed E-state index contributed by atoms with van der Waals surface area (Å²) in [4.78, 5) is 27.7. The summed E-state index contributed by atoms with van der Waals surface area (Å²) in [5.74, 6) is -0.148. The fraction of sp³-hybridized carbons (Fsp3) is 0.310. The molecule has 1 aromatic heterocycles. The molecular formula is C29H30N6O3. The van der Waals surface area contributed by atoms with Gasteiger partial charge >= 0.3 is 6.09 Å². The maximum atomic E-state index is 13.6. The minimum absolute atomic E-state index is 0.0141. The molecule has 5 rings (SSSR count). The lowest BCUT2D eigenvalue weighted by Crippen LogP contribution is -2.40. The van der Waals surface area contributed by atoms with E-state index in [-0.39, 0.29) is 24.1 Å². The maximum Gasteiger partial charge on any atom is 0.404 e. The maximum absolute atomic E-state index is 13.6. The van der Waals surface area contributed by atoms with E-state index in [0.717, 1.165) is 32.8 Å². The van der Waals surface area contributed by atoms with Gasteiger partial charge in [0.1, 0.15) is 11.8 Å². The Bertz CT molecular complexity index is 1540. The van der Waals surface area contributed by atoms with Gasteiger partial charge in [-0.25, -0.2) is 4.79 Å². The number of hydrogen-bond acceptors (Lipinski definition) is 4. The topological polar surface area (TPSA) is 135 Å². The number of aromatic nitrogens is 1. The van der Waals surface area contributed by atoms with Crippen molar-refractivity contribution < 1.29 is 14.3 Å². The predicted molar refractivity (Wildman–Crippen MR) is 147 cm³/mol. The monoisotopic (exact) mass is 510 g/mol. The van der Waals surface area contributed by atoms with Crippen LogP contribution in [-0.2, 0) is 11.3 Å². The van der Waals surface area contributed by atoms with Gasteiger partial charge < -0.3 is 20.4 Å². The summed E-state index contributed by atoms with van der Waals surface area (Å²) in [6.45, 7) is 2.36. The first kappa shape index (κ1) is 25.2. The molecule has 38 heavy (non-hydrogen) atoms. The second-order valence-corrected chi connectivity index (χ2v) is 9.84. The van der Waals surface area contributed by atoms with Crippen LogP contribution >= 0.6 is 0 Å². The third-order valence-electron chi connectivity index (χ3n) is 7.37. The molecule has 1 unspecified atom stereocenters. The number of fused-ring (bicyclic) bond motifs is 2. The number of carbonyl (C=O) groups excluding carboxylic acids is 2. The molecule has 9 nitrogen and oxygen atoms in total. The Morgan fingerprint density at radius 2 is 1.84 bits per heavy atom. The van der Waals surface area contributed by atoms with Crippen LogP contribution in [0.3, 0.4) is 0 Å². The van der Waals surface area contributed by atoms with Crippen LogP contribution in [0.4, 0.5) is 4.79 Å². The molecule has 3 N–H and O–H groups in total. The number of primary amides is 1. The summed E-state index contributed by atoms with van der Waals surface area (Å²) >= 11 is 0. The molecule has 1 saturated carbocycles. The van der Waals surface area contributed by atoms with Crippen molar-refractivity contribution in [3.63, 3.8) is 0 Å². The molecule has 4 aromatic rings. The lowest BCUT2D eigenvalue weighted by Gasteiger charge is -2.28. The first-order valence-electron chi connectivity index (χ1n) is 12.8. The summed E-state index contributed by atoms with van der Waals surface area (Å²) < 4.78 is 7.17. The van der Waals surface area contributed by atoms with Crippen molar-refractivity contribution in [2.24, 2.45) is 10.8 Å². The Kier molecular flexibility index (Phi) is 7.20. The van der Waals surface area contributed by atoms with Crippen LogP contribution in [0.1, 0.15) is 60.3 Å². The van der Waals surface area contributed by atoms with Gasteiger partial charge in [-0.05, 0) is 65.2 Å². The summed E-state index contributed by atoms with van der Waals surface area (Å²) in [5, 5.41) is 10.3. The zero-order valence-corrected chi connectivity index (χ0v) is 21.2. The number of nitrogens with one attached hydrogen (secondary N) is 1. The van der Waals surface area contributed by atoms with Gasteiger partial charge in [-0.1, -0.05) is 66.6 Å². The summed E-state index contributed by atoms with van der Waals surface area (Å²) in [6.07, 6.45) is 1.78. The first-order valence-corrected chi connectivity index (χ1v) is 12.8. The molecule has 9 heteroatoms. The number of ether oxygens (including phenoxy) is 1. The molecule has 0 radical (unpaired) electrons. The average molecular weight is 511 g/mol. The number of benzene rings is 3. The summed E-state index contributed by atoms with van der Waals surface area (Å²) in [6, 6.07) is 21.9. The van der Waals surface area contributed by atoms with E-state index in [1.807, 2.05) is 54.0 Å².